The maximum Gasteiger partial charge on any atom is 0.161 e. The molecule has 0 aliphatic rings. The monoisotopic (exact) mass is 365 g/mol. The number of hydrogen-bond acceptors (Lipinski definition) is 4. The Kier molecular flexibility index (Phi) is 6.80. The van der Waals surface area contributed by atoms with Gasteiger partial charge in [-0.25, -0.2) is 0 Å². The number of hydrogen-bond donors (Lipinski definition) is 2. The van der Waals surface area contributed by atoms with Crippen molar-refractivity contribution in [3.8, 4) is 0 Å². The Bertz CT molecular complexity index is 629. The van der Waals surface area contributed by atoms with Crippen LogP contribution in [0.2, 0.25) is 10.0 Å². The average molecular weight is 367 g/mol. The number of thioether (sulfide) groups is 1. The van der Waals surface area contributed by atoms with Gasteiger partial charge in [0.2, 0.25) is 0 Å². The van der Waals surface area contributed by atoms with Crippen LogP contribution in [0.15, 0.2) is 23.2 Å². The summed E-state index contributed by atoms with van der Waals surface area (Å²) in [5, 5.41) is 20.3. The number of nitrogens with one attached hydrogen (secondary N) is 2. The fraction of sp³-hybridized carbons (Fsp3) is 0.250. The minimum absolute atomic E-state index is 0. The van der Waals surface area contributed by atoms with Gasteiger partial charge in [0.15, 0.2) is 11.5 Å². The molecular formula is C12H14Cl3N5S. The molecule has 1 aromatic heterocycles. The Morgan fingerprint density at radius 2 is 2.00 bits per heavy atom. The summed E-state index contributed by atoms with van der Waals surface area (Å²) in [6.07, 6.45) is 0. The molecule has 0 unspecified atom stereocenters. The molecule has 2 N–H and O–H groups in total. The summed E-state index contributed by atoms with van der Waals surface area (Å²) in [6.45, 7) is 0. The number of halogens is 3. The summed E-state index contributed by atoms with van der Waals surface area (Å²) in [5.74, 6) is 0.993. The van der Waals surface area contributed by atoms with Crippen LogP contribution in [0.1, 0.15) is 11.3 Å². The van der Waals surface area contributed by atoms with E-state index in [-0.39, 0.29) is 12.4 Å². The second kappa shape index (κ2) is 7.89. The molecule has 0 atom stereocenters. The maximum absolute atomic E-state index is 7.94. The van der Waals surface area contributed by atoms with Crippen LogP contribution >= 0.6 is 47.4 Å². The number of rotatable bonds is 4. The molecule has 0 aliphatic heterocycles. The van der Waals surface area contributed by atoms with Gasteiger partial charge in [-0.1, -0.05) is 41.0 Å². The highest BCUT2D eigenvalue weighted by Gasteiger charge is 2.15. The van der Waals surface area contributed by atoms with Gasteiger partial charge in [0.25, 0.3) is 0 Å². The van der Waals surface area contributed by atoms with Gasteiger partial charge < -0.3 is 4.90 Å². The van der Waals surface area contributed by atoms with E-state index in [0.717, 1.165) is 5.56 Å². The van der Waals surface area contributed by atoms with Gasteiger partial charge in [0.1, 0.15) is 5.03 Å². The van der Waals surface area contributed by atoms with Gasteiger partial charge in [-0.15, -0.1) is 17.5 Å². The molecule has 0 spiro atoms. The number of nitrogens with zero attached hydrogens (tertiary/aromatic N) is 3. The third-order valence-electron chi connectivity index (χ3n) is 2.55. The summed E-state index contributed by atoms with van der Waals surface area (Å²) in [7, 11) is 3.59. The van der Waals surface area contributed by atoms with E-state index in [2.05, 4.69) is 15.4 Å². The molecule has 21 heavy (non-hydrogen) atoms. The quantitative estimate of drug-likeness (QED) is 0.491. The molecule has 9 heteroatoms. The Morgan fingerprint density at radius 3 is 2.62 bits per heavy atom. The minimum atomic E-state index is 0. The topological polar surface area (TPSA) is 68.7 Å². The normalized spacial score (nSPS) is 10.1. The summed E-state index contributed by atoms with van der Waals surface area (Å²) in [6, 6.07) is 5.51. The first-order valence-corrected chi connectivity index (χ1v) is 7.47. The summed E-state index contributed by atoms with van der Waals surface area (Å²) in [5.41, 5.74) is 1.58. The first kappa shape index (κ1) is 18.1. The number of benzene rings is 1. The van der Waals surface area contributed by atoms with Crippen LogP contribution in [0.4, 0.5) is 0 Å². The zero-order chi connectivity index (χ0) is 14.7. The van der Waals surface area contributed by atoms with Crippen LogP contribution in [-0.2, 0) is 5.75 Å². The van der Waals surface area contributed by atoms with E-state index in [9.17, 15) is 0 Å². The average Bonchev–Trinajstić information content (AvgIpc) is 2.87. The maximum atomic E-state index is 7.94. The summed E-state index contributed by atoms with van der Waals surface area (Å²) < 4.78 is 0. The zero-order valence-electron chi connectivity index (χ0n) is 11.4. The van der Waals surface area contributed by atoms with Crippen molar-refractivity contribution in [1.82, 2.24) is 20.3 Å². The molecule has 0 fully saturated rings. The Hall–Kier alpha value is -0.950. The van der Waals surface area contributed by atoms with Crippen LogP contribution < -0.4 is 0 Å². The summed E-state index contributed by atoms with van der Waals surface area (Å²) in [4.78, 5) is 1.68. The number of aromatic amines is 1. The molecule has 0 bridgehead atoms. The smallest absolute Gasteiger partial charge is 0.161 e. The van der Waals surface area contributed by atoms with E-state index in [4.69, 9.17) is 28.6 Å². The van der Waals surface area contributed by atoms with Crippen molar-refractivity contribution < 1.29 is 0 Å². The van der Waals surface area contributed by atoms with Gasteiger partial charge in [0, 0.05) is 19.8 Å². The van der Waals surface area contributed by atoms with Crippen LogP contribution in [0.25, 0.3) is 0 Å². The molecule has 0 amide bonds. The lowest BCUT2D eigenvalue weighted by Crippen LogP contribution is -2.22. The van der Waals surface area contributed by atoms with Crippen molar-refractivity contribution in [3.05, 3.63) is 39.5 Å². The standard InChI is InChI=1S/C12H13Cl2N5S.ClH/c1-19(2)11(15)10-12(17-18-16-10)20-6-7-3-4-8(13)9(14)5-7;/h3-5,15H,6H2,1-2H3,(H,16,17,18);1H. The van der Waals surface area contributed by atoms with Crippen molar-refractivity contribution in [1.29, 1.82) is 5.41 Å². The van der Waals surface area contributed by atoms with Crippen molar-refractivity contribution in [3.63, 3.8) is 0 Å². The molecular weight excluding hydrogens is 353 g/mol. The van der Waals surface area contributed by atoms with E-state index < -0.39 is 0 Å². The SMILES string of the molecule is CN(C)C(=N)c1n[nH]nc1SCc1ccc(Cl)c(Cl)c1.Cl. The zero-order valence-corrected chi connectivity index (χ0v) is 14.5. The van der Waals surface area contributed by atoms with E-state index in [1.165, 1.54) is 11.8 Å². The van der Waals surface area contributed by atoms with Gasteiger partial charge in [-0.3, -0.25) is 5.41 Å². The highest BCUT2D eigenvalue weighted by Crippen LogP contribution is 2.27. The van der Waals surface area contributed by atoms with Crippen molar-refractivity contribution in [2.75, 3.05) is 14.1 Å². The third-order valence-corrected chi connectivity index (χ3v) is 4.32. The Morgan fingerprint density at radius 1 is 1.29 bits per heavy atom. The van der Waals surface area contributed by atoms with Crippen LogP contribution in [0.5, 0.6) is 0 Å². The number of amidine groups is 1. The lowest BCUT2D eigenvalue weighted by molar-refractivity contribution is 0.615. The predicted octanol–water partition coefficient (Wildman–Crippen LogP) is 3.71. The highest BCUT2D eigenvalue weighted by molar-refractivity contribution is 7.98. The van der Waals surface area contributed by atoms with Crippen LogP contribution in [0, 0.1) is 5.41 Å². The van der Waals surface area contributed by atoms with Crippen LogP contribution in [0.3, 0.4) is 0 Å². The molecule has 1 aromatic carbocycles. The van der Waals surface area contributed by atoms with E-state index >= 15 is 0 Å². The minimum Gasteiger partial charge on any atom is -0.361 e. The molecule has 114 valence electrons. The van der Waals surface area contributed by atoms with Gasteiger partial charge in [-0.2, -0.15) is 10.3 Å². The molecule has 2 aromatic rings. The van der Waals surface area contributed by atoms with Crippen molar-refractivity contribution in [2.45, 2.75) is 10.8 Å². The fourth-order valence-electron chi connectivity index (χ4n) is 1.47. The second-order valence-corrected chi connectivity index (χ2v) is 6.04. The third kappa shape index (κ3) is 4.51. The molecule has 1 heterocycles. The highest BCUT2D eigenvalue weighted by atomic mass is 35.5. The Labute approximate surface area is 143 Å². The second-order valence-electron chi connectivity index (χ2n) is 4.26. The number of H-pyrrole nitrogens is 1. The van der Waals surface area contributed by atoms with E-state index in [1.807, 2.05) is 12.1 Å². The molecule has 0 saturated carbocycles. The number of aromatic nitrogens is 3. The lowest BCUT2D eigenvalue weighted by Gasteiger charge is -2.11. The molecule has 0 radical (unpaired) electrons. The van der Waals surface area contributed by atoms with Gasteiger partial charge >= 0.3 is 0 Å². The van der Waals surface area contributed by atoms with Crippen LogP contribution in [-0.4, -0.2) is 40.2 Å². The van der Waals surface area contributed by atoms with Gasteiger partial charge in [-0.05, 0) is 17.7 Å². The fourth-order valence-corrected chi connectivity index (χ4v) is 2.66. The molecule has 0 saturated heterocycles. The Balaban J connectivity index is 0.00000220. The lowest BCUT2D eigenvalue weighted by atomic mass is 10.2. The first-order valence-electron chi connectivity index (χ1n) is 5.72. The van der Waals surface area contributed by atoms with Gasteiger partial charge in [0.05, 0.1) is 10.0 Å². The van der Waals surface area contributed by atoms with Crippen molar-refractivity contribution >= 4 is 53.2 Å². The summed E-state index contributed by atoms with van der Waals surface area (Å²) >= 11 is 13.4. The van der Waals surface area contributed by atoms with E-state index in [1.54, 1.807) is 25.1 Å². The molecule has 2 rings (SSSR count). The van der Waals surface area contributed by atoms with E-state index in [0.29, 0.717) is 32.4 Å². The molecule has 5 nitrogen and oxygen atoms in total. The van der Waals surface area contributed by atoms with Crippen molar-refractivity contribution in [2.24, 2.45) is 0 Å². The molecule has 0 aliphatic carbocycles. The largest absolute Gasteiger partial charge is 0.361 e. The predicted molar refractivity (Wildman–Crippen MR) is 90.2 cm³/mol. The first-order chi connectivity index (χ1) is 9.49.